The Kier molecular flexibility index (Phi) is 4.28. The third-order valence-corrected chi connectivity index (χ3v) is 4.04. The van der Waals surface area contributed by atoms with Gasteiger partial charge in [-0.2, -0.15) is 5.10 Å². The number of thiophene rings is 1. The van der Waals surface area contributed by atoms with Gasteiger partial charge >= 0.3 is 0 Å². The number of amides is 1. The number of carbonyl (C=O) groups is 1. The largest absolute Gasteiger partial charge is 0.348 e. The van der Waals surface area contributed by atoms with E-state index in [1.54, 1.807) is 11.3 Å². The highest BCUT2D eigenvalue weighted by atomic mass is 32.1. The molecule has 0 saturated heterocycles. The molecule has 0 fully saturated rings. The standard InChI is InChI=1S/C15H21N3OS/c1-10-8-11(18-17-10)9-13(19)16-14(15(2,3)4)12-6-5-7-20-12/h5-8,14H,9H2,1-4H3,(H,16,19)(H,17,18)/t14-/m0/s1. The molecule has 108 valence electrons. The first-order valence-corrected chi connectivity index (χ1v) is 7.58. The van der Waals surface area contributed by atoms with Gasteiger partial charge in [-0.15, -0.1) is 11.3 Å². The maximum Gasteiger partial charge on any atom is 0.226 e. The topological polar surface area (TPSA) is 57.8 Å². The van der Waals surface area contributed by atoms with E-state index in [9.17, 15) is 4.79 Å². The molecule has 2 rings (SSSR count). The van der Waals surface area contributed by atoms with Gasteiger partial charge in [0.25, 0.3) is 0 Å². The van der Waals surface area contributed by atoms with E-state index in [1.165, 1.54) is 4.88 Å². The number of hydrogen-bond acceptors (Lipinski definition) is 3. The van der Waals surface area contributed by atoms with Crippen LogP contribution in [0.2, 0.25) is 0 Å². The maximum atomic E-state index is 12.2. The number of nitrogens with one attached hydrogen (secondary N) is 2. The fourth-order valence-electron chi connectivity index (χ4n) is 2.11. The molecule has 2 aromatic heterocycles. The molecule has 2 aromatic rings. The molecular weight excluding hydrogens is 270 g/mol. The summed E-state index contributed by atoms with van der Waals surface area (Å²) in [5.41, 5.74) is 1.72. The van der Waals surface area contributed by atoms with Crippen molar-refractivity contribution in [1.29, 1.82) is 0 Å². The van der Waals surface area contributed by atoms with Gasteiger partial charge in [0.15, 0.2) is 0 Å². The van der Waals surface area contributed by atoms with Gasteiger partial charge in [-0.25, -0.2) is 0 Å². The van der Waals surface area contributed by atoms with Crippen LogP contribution in [0.25, 0.3) is 0 Å². The molecule has 1 atom stereocenters. The van der Waals surface area contributed by atoms with E-state index in [0.29, 0.717) is 6.42 Å². The maximum absolute atomic E-state index is 12.2. The van der Waals surface area contributed by atoms with Crippen molar-refractivity contribution in [3.63, 3.8) is 0 Å². The van der Waals surface area contributed by atoms with Crippen molar-refractivity contribution in [3.8, 4) is 0 Å². The minimum atomic E-state index is -0.0258. The number of carbonyl (C=O) groups excluding carboxylic acids is 1. The zero-order chi connectivity index (χ0) is 14.8. The van der Waals surface area contributed by atoms with Gasteiger partial charge < -0.3 is 5.32 Å². The third-order valence-electron chi connectivity index (χ3n) is 3.10. The van der Waals surface area contributed by atoms with Gasteiger partial charge in [0.2, 0.25) is 5.91 Å². The fraction of sp³-hybridized carbons (Fsp3) is 0.467. The average Bonchev–Trinajstić information content (AvgIpc) is 2.96. The first kappa shape index (κ1) is 14.8. The third kappa shape index (κ3) is 3.70. The molecule has 20 heavy (non-hydrogen) atoms. The van der Waals surface area contributed by atoms with Crippen LogP contribution in [-0.4, -0.2) is 16.1 Å². The van der Waals surface area contributed by atoms with Crippen LogP contribution in [0.5, 0.6) is 0 Å². The molecule has 2 heterocycles. The van der Waals surface area contributed by atoms with Crippen LogP contribution in [0, 0.1) is 12.3 Å². The van der Waals surface area contributed by atoms with E-state index in [-0.39, 0.29) is 17.4 Å². The van der Waals surface area contributed by atoms with Gasteiger partial charge in [-0.3, -0.25) is 9.89 Å². The van der Waals surface area contributed by atoms with Gasteiger partial charge in [-0.05, 0) is 29.9 Å². The average molecular weight is 291 g/mol. The number of H-pyrrole nitrogens is 1. The van der Waals surface area contributed by atoms with Gasteiger partial charge in [0.1, 0.15) is 0 Å². The van der Waals surface area contributed by atoms with Gasteiger partial charge in [-0.1, -0.05) is 26.8 Å². The normalized spacial score (nSPS) is 13.2. The molecule has 5 heteroatoms. The molecule has 0 unspecified atom stereocenters. The zero-order valence-corrected chi connectivity index (χ0v) is 13.2. The van der Waals surface area contributed by atoms with Crippen molar-refractivity contribution in [2.24, 2.45) is 5.41 Å². The minimum absolute atomic E-state index is 0.00447. The van der Waals surface area contributed by atoms with Crippen molar-refractivity contribution in [2.45, 2.75) is 40.2 Å². The summed E-state index contributed by atoms with van der Waals surface area (Å²) in [5, 5.41) is 12.1. The highest BCUT2D eigenvalue weighted by molar-refractivity contribution is 7.10. The summed E-state index contributed by atoms with van der Waals surface area (Å²) in [6, 6.07) is 6.01. The summed E-state index contributed by atoms with van der Waals surface area (Å²) in [6.45, 7) is 8.33. The number of nitrogens with zero attached hydrogens (tertiary/aromatic N) is 1. The number of rotatable bonds is 4. The number of hydrogen-bond donors (Lipinski definition) is 2. The lowest BCUT2D eigenvalue weighted by molar-refractivity contribution is -0.122. The lowest BCUT2D eigenvalue weighted by Gasteiger charge is -2.30. The Bertz CT molecular complexity index is 566. The van der Waals surface area contributed by atoms with Gasteiger partial charge in [0.05, 0.1) is 18.2 Å². The van der Waals surface area contributed by atoms with Crippen LogP contribution < -0.4 is 5.32 Å². The second-order valence-electron chi connectivity index (χ2n) is 6.10. The second-order valence-corrected chi connectivity index (χ2v) is 7.08. The fourth-order valence-corrected chi connectivity index (χ4v) is 3.13. The Morgan fingerprint density at radius 2 is 2.25 bits per heavy atom. The van der Waals surface area contributed by atoms with E-state index in [1.807, 2.05) is 24.4 Å². The SMILES string of the molecule is Cc1cc(CC(=O)N[C@@H](c2cccs2)C(C)(C)C)n[nH]1. The molecule has 4 nitrogen and oxygen atoms in total. The van der Waals surface area contributed by atoms with Crippen LogP contribution in [0.3, 0.4) is 0 Å². The van der Waals surface area contributed by atoms with Crippen molar-refractivity contribution in [3.05, 3.63) is 39.8 Å². The molecular formula is C15H21N3OS. The first-order valence-electron chi connectivity index (χ1n) is 6.70. The Morgan fingerprint density at radius 1 is 1.50 bits per heavy atom. The quantitative estimate of drug-likeness (QED) is 0.908. The van der Waals surface area contributed by atoms with Crippen molar-refractivity contribution in [1.82, 2.24) is 15.5 Å². The lowest BCUT2D eigenvalue weighted by Crippen LogP contribution is -2.37. The number of aromatic amines is 1. The Balaban J connectivity index is 2.06. The molecule has 0 saturated carbocycles. The molecule has 2 N–H and O–H groups in total. The molecule has 0 radical (unpaired) electrons. The first-order chi connectivity index (χ1) is 9.36. The van der Waals surface area contributed by atoms with E-state index in [2.05, 4.69) is 42.4 Å². The highest BCUT2D eigenvalue weighted by Gasteiger charge is 2.28. The van der Waals surface area contributed by atoms with Gasteiger partial charge in [0, 0.05) is 10.6 Å². The summed E-state index contributed by atoms with van der Waals surface area (Å²) >= 11 is 1.67. The Hall–Kier alpha value is -1.62. The van der Waals surface area contributed by atoms with E-state index in [0.717, 1.165) is 11.4 Å². The minimum Gasteiger partial charge on any atom is -0.348 e. The molecule has 0 aliphatic heterocycles. The predicted molar refractivity (Wildman–Crippen MR) is 81.7 cm³/mol. The summed E-state index contributed by atoms with van der Waals surface area (Å²) in [4.78, 5) is 13.4. The summed E-state index contributed by atoms with van der Waals surface area (Å²) < 4.78 is 0. The molecule has 0 aliphatic rings. The van der Waals surface area contributed by atoms with E-state index >= 15 is 0 Å². The number of aryl methyl sites for hydroxylation is 1. The van der Waals surface area contributed by atoms with Crippen LogP contribution in [0.1, 0.15) is 43.1 Å². The Morgan fingerprint density at radius 3 is 2.75 bits per heavy atom. The smallest absolute Gasteiger partial charge is 0.226 e. The zero-order valence-electron chi connectivity index (χ0n) is 12.4. The highest BCUT2D eigenvalue weighted by Crippen LogP contribution is 2.35. The Labute approximate surface area is 123 Å². The lowest BCUT2D eigenvalue weighted by atomic mass is 9.85. The summed E-state index contributed by atoms with van der Waals surface area (Å²) in [6.07, 6.45) is 0.308. The van der Waals surface area contributed by atoms with Crippen LogP contribution in [0.15, 0.2) is 23.6 Å². The van der Waals surface area contributed by atoms with Crippen LogP contribution in [0.4, 0.5) is 0 Å². The van der Waals surface area contributed by atoms with Crippen molar-refractivity contribution < 1.29 is 4.79 Å². The molecule has 1 amide bonds. The monoisotopic (exact) mass is 291 g/mol. The second kappa shape index (κ2) is 5.79. The van der Waals surface area contributed by atoms with E-state index < -0.39 is 0 Å². The molecule has 0 aromatic carbocycles. The molecule has 0 spiro atoms. The van der Waals surface area contributed by atoms with Crippen LogP contribution in [-0.2, 0) is 11.2 Å². The van der Waals surface area contributed by atoms with Crippen molar-refractivity contribution >= 4 is 17.2 Å². The predicted octanol–water partition coefficient (Wildman–Crippen LogP) is 3.23. The summed E-state index contributed by atoms with van der Waals surface area (Å²) in [5.74, 6) is 0.00447. The number of aromatic nitrogens is 2. The van der Waals surface area contributed by atoms with Crippen LogP contribution >= 0.6 is 11.3 Å². The molecule has 0 aliphatic carbocycles. The van der Waals surface area contributed by atoms with Crippen molar-refractivity contribution in [2.75, 3.05) is 0 Å². The molecule has 0 bridgehead atoms. The van der Waals surface area contributed by atoms with E-state index in [4.69, 9.17) is 0 Å². The summed E-state index contributed by atoms with van der Waals surface area (Å²) in [7, 11) is 0.